The van der Waals surface area contributed by atoms with Crippen molar-refractivity contribution in [3.8, 4) is 0 Å². The van der Waals surface area contributed by atoms with Gasteiger partial charge in [0.05, 0.1) is 25.4 Å². The lowest BCUT2D eigenvalue weighted by atomic mass is 9.98. The molecule has 69 heavy (non-hydrogen) atoms. The van der Waals surface area contributed by atoms with E-state index in [2.05, 4.69) is 43.5 Å². The van der Waals surface area contributed by atoms with Crippen LogP contribution in [0.2, 0.25) is 0 Å². The Kier molecular flexibility index (Phi) is 45.2. The van der Waals surface area contributed by atoms with Crippen molar-refractivity contribution in [2.75, 3.05) is 13.2 Å². The summed E-state index contributed by atoms with van der Waals surface area (Å²) in [6.45, 7) is 3.44. The van der Waals surface area contributed by atoms with Crippen LogP contribution in [0.5, 0.6) is 0 Å². The van der Waals surface area contributed by atoms with Crippen molar-refractivity contribution < 1.29 is 50.0 Å². The van der Waals surface area contributed by atoms with Gasteiger partial charge in [-0.05, 0) is 64.2 Å². The normalized spacial score (nSPS) is 20.5. The number of aliphatic hydroxyl groups is 7. The fourth-order valence-electron chi connectivity index (χ4n) is 9.44. The van der Waals surface area contributed by atoms with Gasteiger partial charge in [-0.15, -0.1) is 0 Å². The molecule has 1 aliphatic heterocycles. The molecule has 1 aliphatic rings. The number of amides is 1. The Morgan fingerprint density at radius 2 is 0.855 bits per heavy atom. The summed E-state index contributed by atoms with van der Waals surface area (Å²) >= 11 is 0. The number of nitrogens with one attached hydrogen (secondary N) is 1. The average molecular weight is 983 g/mol. The van der Waals surface area contributed by atoms with Crippen LogP contribution in [0.4, 0.5) is 0 Å². The van der Waals surface area contributed by atoms with Crippen LogP contribution in [0.3, 0.4) is 0 Å². The first-order chi connectivity index (χ1) is 33.7. The Hall–Kier alpha value is -1.41. The van der Waals surface area contributed by atoms with Gasteiger partial charge < -0.3 is 50.5 Å². The topological polar surface area (TPSA) is 189 Å². The van der Waals surface area contributed by atoms with Crippen LogP contribution >= 0.6 is 0 Å². The van der Waals surface area contributed by atoms with Crippen LogP contribution in [0.15, 0.2) is 24.3 Å². The highest BCUT2D eigenvalue weighted by atomic mass is 16.7. The second kappa shape index (κ2) is 47.6. The highest BCUT2D eigenvalue weighted by Gasteiger charge is 2.44. The molecule has 1 heterocycles. The van der Waals surface area contributed by atoms with Crippen LogP contribution in [0.1, 0.15) is 271 Å². The SMILES string of the molecule is CCCCCC/C=C\CCCCCCCCC(O)C(=O)NC(COC1OC(CO)C(O)C(O)C1O)C(O)C(O)CCC/C=C/CCCCCCCCCCCCCCCCCCCCCCCCC. The summed E-state index contributed by atoms with van der Waals surface area (Å²) in [6, 6.07) is -1.19. The summed E-state index contributed by atoms with van der Waals surface area (Å²) in [6.07, 6.45) is 45.4. The van der Waals surface area contributed by atoms with Gasteiger partial charge in [-0.3, -0.25) is 4.79 Å². The fourth-order valence-corrected chi connectivity index (χ4v) is 9.44. The maximum atomic E-state index is 13.1. The van der Waals surface area contributed by atoms with E-state index in [4.69, 9.17) is 9.47 Å². The number of aliphatic hydroxyl groups excluding tert-OH is 7. The average Bonchev–Trinajstić information content (AvgIpc) is 3.35. The highest BCUT2D eigenvalue weighted by molar-refractivity contribution is 5.80. The maximum Gasteiger partial charge on any atom is 0.249 e. The van der Waals surface area contributed by atoms with Crippen molar-refractivity contribution in [3.63, 3.8) is 0 Å². The first kappa shape index (κ1) is 65.6. The molecule has 0 radical (unpaired) electrons. The number of carbonyl (C=O) groups excluding carboxylic acids is 1. The Balaban J connectivity index is 2.28. The Morgan fingerprint density at radius 1 is 0.493 bits per heavy atom. The van der Waals surface area contributed by atoms with Crippen molar-refractivity contribution in [1.82, 2.24) is 5.32 Å². The van der Waals surface area contributed by atoms with Gasteiger partial charge in [0.25, 0.3) is 0 Å². The molecule has 0 aliphatic carbocycles. The molecule has 0 aromatic carbocycles. The van der Waals surface area contributed by atoms with E-state index in [0.29, 0.717) is 12.8 Å². The largest absolute Gasteiger partial charge is 0.394 e. The van der Waals surface area contributed by atoms with Crippen molar-refractivity contribution in [1.29, 1.82) is 0 Å². The first-order valence-electron chi connectivity index (χ1n) is 29.2. The number of carbonyl (C=O) groups is 1. The number of hydrogen-bond donors (Lipinski definition) is 8. The first-order valence-corrected chi connectivity index (χ1v) is 29.2. The van der Waals surface area contributed by atoms with E-state index >= 15 is 0 Å². The van der Waals surface area contributed by atoms with Crippen molar-refractivity contribution in [2.45, 2.75) is 326 Å². The molecule has 8 N–H and O–H groups in total. The zero-order valence-electron chi connectivity index (χ0n) is 44.6. The molecule has 1 fully saturated rings. The molecule has 0 aromatic rings. The standard InChI is InChI=1S/C58H111NO10/c1-3-5-7-9-11-13-15-17-19-20-21-22-23-24-25-26-27-28-29-30-31-32-34-35-37-39-41-43-45-50(61)53(63)49(48-68-58-56(66)55(65)54(64)52(47-60)69-58)59-57(67)51(62)46-44-42-40-38-36-33-18-16-14-12-10-8-6-4-2/h14,16,37,39,49-56,58,60-66H,3-13,15,17-36,38,40-48H2,1-2H3,(H,59,67)/b16-14-,39-37+. The second-order valence-corrected chi connectivity index (χ2v) is 20.7. The van der Waals surface area contributed by atoms with E-state index in [-0.39, 0.29) is 12.8 Å². The monoisotopic (exact) mass is 982 g/mol. The van der Waals surface area contributed by atoms with Crippen molar-refractivity contribution >= 4 is 5.91 Å². The molecule has 0 aromatic heterocycles. The number of unbranched alkanes of at least 4 members (excludes halogenated alkanes) is 34. The van der Waals surface area contributed by atoms with Crippen LogP contribution < -0.4 is 5.32 Å². The second-order valence-electron chi connectivity index (χ2n) is 20.7. The summed E-state index contributed by atoms with van der Waals surface area (Å²) < 4.78 is 11.1. The summed E-state index contributed by atoms with van der Waals surface area (Å²) in [4.78, 5) is 13.1. The lowest BCUT2D eigenvalue weighted by Gasteiger charge is -2.40. The molecule has 1 rings (SSSR count). The van der Waals surface area contributed by atoms with E-state index in [1.807, 2.05) is 0 Å². The van der Waals surface area contributed by atoms with Gasteiger partial charge in [-0.2, -0.15) is 0 Å². The Bertz CT molecular complexity index is 1170. The maximum absolute atomic E-state index is 13.1. The molecule has 9 atom stereocenters. The molecule has 0 spiro atoms. The van der Waals surface area contributed by atoms with Gasteiger partial charge in [0.1, 0.15) is 36.6 Å². The van der Waals surface area contributed by atoms with E-state index in [1.165, 1.54) is 173 Å². The van der Waals surface area contributed by atoms with E-state index < -0.39 is 74.2 Å². The van der Waals surface area contributed by atoms with E-state index in [1.54, 1.807) is 0 Å². The Labute approximate surface area is 423 Å². The number of hydrogen-bond acceptors (Lipinski definition) is 10. The summed E-state index contributed by atoms with van der Waals surface area (Å²) in [5.41, 5.74) is 0. The predicted octanol–water partition coefficient (Wildman–Crippen LogP) is 12.1. The molecule has 1 amide bonds. The number of allylic oxidation sites excluding steroid dienone is 4. The van der Waals surface area contributed by atoms with Crippen molar-refractivity contribution in [2.24, 2.45) is 0 Å². The van der Waals surface area contributed by atoms with Crippen LogP contribution in [0.25, 0.3) is 0 Å². The molecular weight excluding hydrogens is 871 g/mol. The summed E-state index contributed by atoms with van der Waals surface area (Å²) in [5.74, 6) is -0.710. The molecule has 408 valence electrons. The van der Waals surface area contributed by atoms with Crippen molar-refractivity contribution in [3.05, 3.63) is 24.3 Å². The molecule has 11 heteroatoms. The molecule has 0 bridgehead atoms. The summed E-state index contributed by atoms with van der Waals surface area (Å²) in [5, 5.41) is 76.0. The zero-order valence-corrected chi connectivity index (χ0v) is 44.6. The molecule has 11 nitrogen and oxygen atoms in total. The Morgan fingerprint density at radius 3 is 1.26 bits per heavy atom. The fraction of sp³-hybridized carbons (Fsp3) is 0.914. The quantitative estimate of drug-likeness (QED) is 0.0215. The minimum atomic E-state index is -1.67. The smallest absolute Gasteiger partial charge is 0.249 e. The lowest BCUT2D eigenvalue weighted by Crippen LogP contribution is -2.60. The lowest BCUT2D eigenvalue weighted by molar-refractivity contribution is -0.303. The molecular formula is C58H111NO10. The van der Waals surface area contributed by atoms with Gasteiger partial charge in [0, 0.05) is 0 Å². The molecule has 9 unspecified atom stereocenters. The van der Waals surface area contributed by atoms with Gasteiger partial charge in [0.15, 0.2) is 6.29 Å². The van der Waals surface area contributed by atoms with Crippen LogP contribution in [0, 0.1) is 0 Å². The van der Waals surface area contributed by atoms with Gasteiger partial charge >= 0.3 is 0 Å². The minimum Gasteiger partial charge on any atom is -0.394 e. The zero-order chi connectivity index (χ0) is 50.4. The highest BCUT2D eigenvalue weighted by Crippen LogP contribution is 2.23. The van der Waals surface area contributed by atoms with E-state index in [0.717, 1.165) is 57.8 Å². The van der Waals surface area contributed by atoms with Gasteiger partial charge in [0.2, 0.25) is 5.91 Å². The summed E-state index contributed by atoms with van der Waals surface area (Å²) in [7, 11) is 0. The minimum absolute atomic E-state index is 0.248. The third-order valence-corrected chi connectivity index (χ3v) is 14.2. The van der Waals surface area contributed by atoms with E-state index in [9.17, 15) is 40.5 Å². The molecule has 0 saturated carbocycles. The van der Waals surface area contributed by atoms with Crippen LogP contribution in [-0.2, 0) is 14.3 Å². The van der Waals surface area contributed by atoms with Gasteiger partial charge in [-0.25, -0.2) is 0 Å². The third kappa shape index (κ3) is 36.2. The van der Waals surface area contributed by atoms with Gasteiger partial charge in [-0.1, -0.05) is 231 Å². The predicted molar refractivity (Wildman–Crippen MR) is 284 cm³/mol. The van der Waals surface area contributed by atoms with Crippen LogP contribution in [-0.4, -0.2) is 110 Å². The molecule has 1 saturated heterocycles. The number of rotatable bonds is 50. The third-order valence-electron chi connectivity index (χ3n) is 14.2. The number of ether oxygens (including phenoxy) is 2.